The Morgan fingerprint density at radius 1 is 1.13 bits per heavy atom. The van der Waals surface area contributed by atoms with Gasteiger partial charge in [-0.3, -0.25) is 4.79 Å². The summed E-state index contributed by atoms with van der Waals surface area (Å²) in [6.07, 6.45) is -4.61. The number of hydrogen-bond acceptors (Lipinski definition) is 2. The van der Waals surface area contributed by atoms with E-state index in [4.69, 9.17) is 10.8 Å². The maximum absolute atomic E-state index is 15.2. The van der Waals surface area contributed by atoms with Crippen LogP contribution < -0.4 is 5.73 Å². The molecule has 1 aliphatic carbocycles. The molecule has 2 aromatic carbocycles. The van der Waals surface area contributed by atoms with Crippen LogP contribution in [0.3, 0.4) is 0 Å². The van der Waals surface area contributed by atoms with E-state index in [1.807, 2.05) is 0 Å². The first-order valence-corrected chi connectivity index (χ1v) is 9.21. The molecule has 0 amide bonds. The molecule has 0 aliphatic heterocycles. The number of alkyl halides is 3. The fraction of sp³-hybridized carbons (Fsp3) is 0.381. The van der Waals surface area contributed by atoms with Crippen LogP contribution in [0.15, 0.2) is 12.1 Å². The Hall–Kier alpha value is -2.55. The fourth-order valence-corrected chi connectivity index (χ4v) is 3.76. The average Bonchev–Trinajstić information content (AvgIpc) is 3.43. The third-order valence-corrected chi connectivity index (χ3v) is 5.32. The number of carboxylic acid groups (broad SMARTS) is 1. The second kappa shape index (κ2) is 7.61. The maximum atomic E-state index is 15.2. The zero-order valence-electron chi connectivity index (χ0n) is 16.1. The Kier molecular flexibility index (Phi) is 5.62. The number of aryl methyl sites for hydroxylation is 1. The Balaban J connectivity index is 2.33. The van der Waals surface area contributed by atoms with Gasteiger partial charge in [0.1, 0.15) is 17.5 Å². The van der Waals surface area contributed by atoms with Gasteiger partial charge in [0.15, 0.2) is 0 Å². The largest absolute Gasteiger partial charge is 0.481 e. The van der Waals surface area contributed by atoms with Crippen molar-refractivity contribution >= 4 is 5.97 Å². The Morgan fingerprint density at radius 2 is 1.73 bits per heavy atom. The standard InChI is InChI=1S/C21H19F6NO2/c1-8-5-11(10-3-4-10)18(22)9(2)16(8)12-6-13(21(25,26)27)20(24)17(19(12)23)14(28)7-15(29)30/h5-6,10,14H,3-4,7,28H2,1-2H3,(H,29,30)/t14-/m0/s1. The minimum absolute atomic E-state index is 0.0137. The van der Waals surface area contributed by atoms with Crippen molar-refractivity contribution < 1.29 is 36.2 Å². The molecule has 1 aliphatic rings. The summed E-state index contributed by atoms with van der Waals surface area (Å²) in [6, 6.07) is -0.116. The van der Waals surface area contributed by atoms with Crippen molar-refractivity contribution in [2.75, 3.05) is 0 Å². The summed E-state index contributed by atoms with van der Waals surface area (Å²) in [6.45, 7) is 2.82. The molecule has 30 heavy (non-hydrogen) atoms. The highest BCUT2D eigenvalue weighted by atomic mass is 19.4. The van der Waals surface area contributed by atoms with Crippen LogP contribution >= 0.6 is 0 Å². The molecule has 0 unspecified atom stereocenters. The van der Waals surface area contributed by atoms with Crippen molar-refractivity contribution in [3.8, 4) is 11.1 Å². The van der Waals surface area contributed by atoms with E-state index in [0.29, 0.717) is 11.1 Å². The Morgan fingerprint density at radius 3 is 2.23 bits per heavy atom. The first-order valence-electron chi connectivity index (χ1n) is 9.21. The fourth-order valence-electron chi connectivity index (χ4n) is 3.76. The van der Waals surface area contributed by atoms with E-state index in [2.05, 4.69) is 0 Å². The van der Waals surface area contributed by atoms with Gasteiger partial charge in [-0.2, -0.15) is 13.2 Å². The van der Waals surface area contributed by atoms with Gasteiger partial charge in [-0.05, 0) is 60.9 Å². The molecule has 0 saturated heterocycles. The number of benzene rings is 2. The van der Waals surface area contributed by atoms with Crippen molar-refractivity contribution in [1.29, 1.82) is 0 Å². The smallest absolute Gasteiger partial charge is 0.419 e. The zero-order valence-corrected chi connectivity index (χ0v) is 16.1. The Bertz CT molecular complexity index is 1030. The first kappa shape index (κ1) is 22.1. The number of halogens is 6. The van der Waals surface area contributed by atoms with Crippen molar-refractivity contribution in [1.82, 2.24) is 0 Å². The molecule has 3 rings (SSSR count). The van der Waals surface area contributed by atoms with Crippen LogP contribution in [0.5, 0.6) is 0 Å². The van der Waals surface area contributed by atoms with Gasteiger partial charge in [0.05, 0.1) is 12.0 Å². The molecule has 0 aromatic heterocycles. The SMILES string of the molecule is Cc1cc(C2CC2)c(F)c(C)c1-c1cc(C(F)(F)F)c(F)c([C@@H](N)CC(=O)O)c1F. The summed E-state index contributed by atoms with van der Waals surface area (Å²) in [5.74, 6) is -5.57. The van der Waals surface area contributed by atoms with Gasteiger partial charge >= 0.3 is 12.1 Å². The van der Waals surface area contributed by atoms with Crippen LogP contribution in [0.25, 0.3) is 11.1 Å². The van der Waals surface area contributed by atoms with Crippen LogP contribution in [0.2, 0.25) is 0 Å². The predicted molar refractivity (Wildman–Crippen MR) is 97.4 cm³/mol. The van der Waals surface area contributed by atoms with Gasteiger partial charge in [-0.1, -0.05) is 6.07 Å². The van der Waals surface area contributed by atoms with Gasteiger partial charge < -0.3 is 10.8 Å². The summed E-state index contributed by atoms with van der Waals surface area (Å²) < 4.78 is 85.0. The quantitative estimate of drug-likeness (QED) is 0.592. The molecule has 3 nitrogen and oxygen atoms in total. The number of carboxylic acids is 1. The summed E-state index contributed by atoms with van der Waals surface area (Å²) in [4.78, 5) is 10.9. The molecular weight excluding hydrogens is 412 g/mol. The van der Waals surface area contributed by atoms with Gasteiger partial charge in [-0.15, -0.1) is 0 Å². The minimum atomic E-state index is -5.20. The molecule has 2 aromatic rings. The van der Waals surface area contributed by atoms with Crippen LogP contribution in [-0.2, 0) is 11.0 Å². The highest BCUT2D eigenvalue weighted by molar-refractivity contribution is 5.75. The third kappa shape index (κ3) is 3.90. The zero-order chi connectivity index (χ0) is 22.5. The van der Waals surface area contributed by atoms with Crippen LogP contribution in [0.4, 0.5) is 26.3 Å². The van der Waals surface area contributed by atoms with Gasteiger partial charge in [-0.25, -0.2) is 13.2 Å². The highest BCUT2D eigenvalue weighted by Crippen LogP contribution is 2.46. The molecule has 3 N–H and O–H groups in total. The lowest BCUT2D eigenvalue weighted by molar-refractivity contribution is -0.140. The van der Waals surface area contributed by atoms with Crippen molar-refractivity contribution in [3.63, 3.8) is 0 Å². The van der Waals surface area contributed by atoms with E-state index in [1.165, 1.54) is 19.9 Å². The van der Waals surface area contributed by atoms with Crippen molar-refractivity contribution in [2.24, 2.45) is 5.73 Å². The second-order valence-corrected chi connectivity index (χ2v) is 7.59. The molecule has 1 saturated carbocycles. The topological polar surface area (TPSA) is 63.3 Å². The molecule has 0 radical (unpaired) electrons. The Labute approximate surface area is 168 Å². The summed E-state index contributed by atoms with van der Waals surface area (Å²) >= 11 is 0. The van der Waals surface area contributed by atoms with Crippen LogP contribution in [0, 0.1) is 31.3 Å². The normalized spacial score (nSPS) is 15.4. The molecule has 0 heterocycles. The van der Waals surface area contributed by atoms with Gasteiger partial charge in [0, 0.05) is 17.2 Å². The third-order valence-electron chi connectivity index (χ3n) is 5.32. The molecule has 0 spiro atoms. The first-order chi connectivity index (χ1) is 13.8. The molecule has 1 fully saturated rings. The molecule has 1 atom stereocenters. The lowest BCUT2D eigenvalue weighted by Crippen LogP contribution is -2.21. The van der Waals surface area contributed by atoms with E-state index in [9.17, 15) is 26.7 Å². The number of nitrogens with two attached hydrogens (primary N) is 1. The monoisotopic (exact) mass is 431 g/mol. The summed E-state index contributed by atoms with van der Waals surface area (Å²) in [5, 5.41) is 8.86. The highest BCUT2D eigenvalue weighted by Gasteiger charge is 2.39. The van der Waals surface area contributed by atoms with Gasteiger partial charge in [0.2, 0.25) is 0 Å². The number of rotatable bonds is 5. The minimum Gasteiger partial charge on any atom is -0.481 e. The van der Waals surface area contributed by atoms with Gasteiger partial charge in [0.25, 0.3) is 0 Å². The van der Waals surface area contributed by atoms with E-state index < -0.39 is 58.8 Å². The van der Waals surface area contributed by atoms with Crippen molar-refractivity contribution in [3.05, 3.63) is 57.4 Å². The lowest BCUT2D eigenvalue weighted by atomic mass is 9.87. The number of aliphatic carboxylic acids is 1. The van der Waals surface area contributed by atoms with Crippen LogP contribution in [0.1, 0.15) is 59.0 Å². The summed E-state index contributed by atoms with van der Waals surface area (Å²) in [5.41, 5.74) is 2.42. The maximum Gasteiger partial charge on any atom is 0.419 e. The molecular formula is C21H19F6NO2. The van der Waals surface area contributed by atoms with E-state index in [1.54, 1.807) is 0 Å². The average molecular weight is 431 g/mol. The number of hydrogen-bond donors (Lipinski definition) is 2. The summed E-state index contributed by atoms with van der Waals surface area (Å²) in [7, 11) is 0. The molecule has 9 heteroatoms. The predicted octanol–water partition coefficient (Wildman–Crippen LogP) is 5.76. The molecule has 162 valence electrons. The van der Waals surface area contributed by atoms with E-state index >= 15 is 4.39 Å². The second-order valence-electron chi connectivity index (χ2n) is 7.59. The molecule has 0 bridgehead atoms. The van der Waals surface area contributed by atoms with Crippen LogP contribution in [-0.4, -0.2) is 11.1 Å². The van der Waals surface area contributed by atoms with E-state index in [-0.39, 0.29) is 23.1 Å². The van der Waals surface area contributed by atoms with Crippen molar-refractivity contribution in [2.45, 2.75) is 51.2 Å². The lowest BCUT2D eigenvalue weighted by Gasteiger charge is -2.21. The number of carbonyl (C=O) groups is 1. The van der Waals surface area contributed by atoms with E-state index in [0.717, 1.165) is 12.8 Å².